The number of nitrogens with one attached hydrogen (secondary N) is 1. The van der Waals surface area contributed by atoms with Gasteiger partial charge in [-0.15, -0.1) is 0 Å². The summed E-state index contributed by atoms with van der Waals surface area (Å²) in [4.78, 5) is 4.14. The van der Waals surface area contributed by atoms with Gasteiger partial charge in [0.05, 0.1) is 12.3 Å². The predicted octanol–water partition coefficient (Wildman–Crippen LogP) is 4.60. The molecule has 5 nitrogen and oxygen atoms in total. The van der Waals surface area contributed by atoms with Crippen LogP contribution in [0.1, 0.15) is 36.7 Å². The molecule has 0 spiro atoms. The number of nitrogens with zero attached hydrogens (tertiary/aromatic N) is 1. The highest BCUT2D eigenvalue weighted by atomic mass is 19.4. The van der Waals surface area contributed by atoms with Crippen LogP contribution in [0.2, 0.25) is 0 Å². The molecular formula is C26H27F4N3O2. The second-order valence-corrected chi connectivity index (χ2v) is 9.16. The molecule has 4 N–H and O–H groups in total. The van der Waals surface area contributed by atoms with E-state index < -0.39 is 35.2 Å². The third-order valence-electron chi connectivity index (χ3n) is 6.56. The van der Waals surface area contributed by atoms with Gasteiger partial charge in [0.2, 0.25) is 5.60 Å². The van der Waals surface area contributed by atoms with Crippen molar-refractivity contribution in [1.82, 2.24) is 10.3 Å². The summed E-state index contributed by atoms with van der Waals surface area (Å²) in [7, 11) is 0. The van der Waals surface area contributed by atoms with Crippen LogP contribution in [-0.4, -0.2) is 36.0 Å². The van der Waals surface area contributed by atoms with E-state index in [1.165, 1.54) is 30.3 Å². The van der Waals surface area contributed by atoms with E-state index in [2.05, 4.69) is 10.3 Å². The lowest BCUT2D eigenvalue weighted by Gasteiger charge is -2.31. The number of ether oxygens (including phenoxy) is 1. The standard InChI is InChI=1S/C26H27F4N3O2/c1-16(17-6-4-3-5-7-17)32-14-24(2)15-35-23-20(24)12-21(25(34,13-31)26(28,29)30)33-22(23)18-8-10-19(27)11-9-18/h3-12,16,32,34H,13-15,31H2,1-2H3/t16-,24-,25?/m0/s1. The van der Waals surface area contributed by atoms with Crippen LogP contribution in [0.15, 0.2) is 60.7 Å². The maximum absolute atomic E-state index is 13.9. The summed E-state index contributed by atoms with van der Waals surface area (Å²) >= 11 is 0. The fourth-order valence-electron chi connectivity index (χ4n) is 4.20. The van der Waals surface area contributed by atoms with Crippen molar-refractivity contribution >= 4 is 0 Å². The Labute approximate surface area is 201 Å². The molecule has 1 aliphatic heterocycles. The van der Waals surface area contributed by atoms with Gasteiger partial charge in [0.15, 0.2) is 0 Å². The van der Waals surface area contributed by atoms with Crippen LogP contribution >= 0.6 is 0 Å². The minimum absolute atomic E-state index is 0.0221. The molecule has 3 atom stereocenters. The Bertz CT molecular complexity index is 1190. The molecule has 35 heavy (non-hydrogen) atoms. The smallest absolute Gasteiger partial charge is 0.424 e. The Morgan fingerprint density at radius 1 is 1.14 bits per heavy atom. The molecule has 0 amide bonds. The van der Waals surface area contributed by atoms with Gasteiger partial charge in [-0.2, -0.15) is 13.2 Å². The zero-order chi connectivity index (χ0) is 25.4. The Morgan fingerprint density at radius 2 is 1.80 bits per heavy atom. The normalized spacial score (nSPS) is 20.1. The van der Waals surface area contributed by atoms with Crippen molar-refractivity contribution in [1.29, 1.82) is 0 Å². The van der Waals surface area contributed by atoms with Gasteiger partial charge in [0, 0.05) is 35.7 Å². The second kappa shape index (κ2) is 9.22. The first-order valence-electron chi connectivity index (χ1n) is 11.2. The van der Waals surface area contributed by atoms with E-state index in [0.29, 0.717) is 23.4 Å². The minimum atomic E-state index is -5.06. The Morgan fingerprint density at radius 3 is 2.40 bits per heavy atom. The fourth-order valence-corrected chi connectivity index (χ4v) is 4.20. The summed E-state index contributed by atoms with van der Waals surface area (Å²) < 4.78 is 61.2. The van der Waals surface area contributed by atoms with E-state index >= 15 is 0 Å². The minimum Gasteiger partial charge on any atom is -0.490 e. The quantitative estimate of drug-likeness (QED) is 0.423. The molecule has 0 bridgehead atoms. The molecule has 4 rings (SSSR count). The van der Waals surface area contributed by atoms with Crippen molar-refractivity contribution in [2.45, 2.75) is 37.1 Å². The van der Waals surface area contributed by atoms with E-state index in [1.807, 2.05) is 44.2 Å². The number of hydrogen-bond donors (Lipinski definition) is 3. The molecular weight excluding hydrogens is 462 g/mol. The van der Waals surface area contributed by atoms with Crippen LogP contribution in [0, 0.1) is 5.82 Å². The molecule has 2 aromatic carbocycles. The number of pyridine rings is 1. The number of benzene rings is 2. The van der Waals surface area contributed by atoms with Crippen molar-refractivity contribution in [3.05, 3.63) is 83.3 Å². The van der Waals surface area contributed by atoms with Crippen molar-refractivity contribution < 1.29 is 27.4 Å². The summed E-state index contributed by atoms with van der Waals surface area (Å²) in [5.41, 5.74) is 2.67. The lowest BCUT2D eigenvalue weighted by Crippen LogP contribution is -2.49. The van der Waals surface area contributed by atoms with Crippen molar-refractivity contribution in [2.24, 2.45) is 5.73 Å². The molecule has 0 radical (unpaired) electrons. The van der Waals surface area contributed by atoms with E-state index in [1.54, 1.807) is 0 Å². The zero-order valence-electron chi connectivity index (χ0n) is 19.4. The molecule has 1 aliphatic rings. The van der Waals surface area contributed by atoms with Gasteiger partial charge in [-0.05, 0) is 42.8 Å². The number of rotatable bonds is 7. The number of aliphatic hydroxyl groups is 1. The van der Waals surface area contributed by atoms with Crippen molar-refractivity contribution in [3.8, 4) is 17.0 Å². The van der Waals surface area contributed by atoms with Crippen molar-refractivity contribution in [3.63, 3.8) is 0 Å². The van der Waals surface area contributed by atoms with E-state index in [-0.39, 0.29) is 18.3 Å². The summed E-state index contributed by atoms with van der Waals surface area (Å²) in [5, 5.41) is 14.0. The number of hydrogen-bond acceptors (Lipinski definition) is 5. The van der Waals surface area contributed by atoms with Gasteiger partial charge in [0.1, 0.15) is 17.3 Å². The molecule has 1 aromatic heterocycles. The fraction of sp³-hybridized carbons (Fsp3) is 0.346. The van der Waals surface area contributed by atoms with Crippen LogP contribution < -0.4 is 15.8 Å². The van der Waals surface area contributed by atoms with Gasteiger partial charge >= 0.3 is 6.18 Å². The molecule has 0 fully saturated rings. The van der Waals surface area contributed by atoms with Gasteiger partial charge in [-0.3, -0.25) is 0 Å². The lowest BCUT2D eigenvalue weighted by atomic mass is 9.82. The van der Waals surface area contributed by atoms with E-state index in [0.717, 1.165) is 5.56 Å². The molecule has 2 heterocycles. The van der Waals surface area contributed by atoms with E-state index in [4.69, 9.17) is 10.5 Å². The highest BCUT2D eigenvalue weighted by Gasteiger charge is 2.56. The molecule has 0 saturated heterocycles. The predicted molar refractivity (Wildman–Crippen MR) is 124 cm³/mol. The van der Waals surface area contributed by atoms with Crippen LogP contribution in [0.4, 0.5) is 17.6 Å². The zero-order valence-corrected chi connectivity index (χ0v) is 19.4. The maximum atomic E-state index is 13.9. The van der Waals surface area contributed by atoms with Gasteiger partial charge in [-0.25, -0.2) is 9.37 Å². The highest BCUT2D eigenvalue weighted by Crippen LogP contribution is 2.47. The first-order chi connectivity index (χ1) is 16.5. The lowest BCUT2D eigenvalue weighted by molar-refractivity contribution is -0.263. The van der Waals surface area contributed by atoms with Crippen molar-refractivity contribution in [2.75, 3.05) is 19.7 Å². The molecule has 0 aliphatic carbocycles. The topological polar surface area (TPSA) is 80.4 Å². The monoisotopic (exact) mass is 489 g/mol. The van der Waals surface area contributed by atoms with Crippen LogP contribution in [0.25, 0.3) is 11.3 Å². The average molecular weight is 490 g/mol. The summed E-state index contributed by atoms with van der Waals surface area (Å²) in [6.45, 7) is 3.33. The Balaban J connectivity index is 1.79. The third-order valence-corrected chi connectivity index (χ3v) is 6.56. The number of nitrogens with two attached hydrogens (primary N) is 1. The summed E-state index contributed by atoms with van der Waals surface area (Å²) in [6.07, 6.45) is -5.06. The number of halogens is 4. The van der Waals surface area contributed by atoms with Gasteiger partial charge in [0.25, 0.3) is 0 Å². The second-order valence-electron chi connectivity index (χ2n) is 9.16. The highest BCUT2D eigenvalue weighted by molar-refractivity contribution is 5.71. The third kappa shape index (κ3) is 4.63. The summed E-state index contributed by atoms with van der Waals surface area (Å²) in [6, 6.07) is 16.1. The molecule has 0 saturated carbocycles. The Kier molecular flexibility index (Phi) is 6.61. The molecule has 186 valence electrons. The van der Waals surface area contributed by atoms with Crippen LogP contribution in [-0.2, 0) is 11.0 Å². The SMILES string of the molecule is C[C@H](NC[C@@]1(C)COc2c1cc(C(O)(CN)C(F)(F)F)nc2-c1ccc(F)cc1)c1ccccc1. The molecule has 1 unspecified atom stereocenters. The van der Waals surface area contributed by atoms with Gasteiger partial charge in [-0.1, -0.05) is 37.3 Å². The maximum Gasteiger partial charge on any atom is 0.424 e. The number of aromatic nitrogens is 1. The number of fused-ring (bicyclic) bond motifs is 1. The van der Waals surface area contributed by atoms with Crippen LogP contribution in [0.3, 0.4) is 0 Å². The van der Waals surface area contributed by atoms with E-state index in [9.17, 15) is 22.7 Å². The molecule has 9 heteroatoms. The first-order valence-corrected chi connectivity index (χ1v) is 11.2. The number of alkyl halides is 3. The van der Waals surface area contributed by atoms with Gasteiger partial charge < -0.3 is 20.9 Å². The largest absolute Gasteiger partial charge is 0.490 e. The first kappa shape index (κ1) is 25.1. The molecule has 3 aromatic rings. The Hall–Kier alpha value is -3.01. The summed E-state index contributed by atoms with van der Waals surface area (Å²) in [5.74, 6) is -0.196. The average Bonchev–Trinajstić information content (AvgIpc) is 3.18. The van der Waals surface area contributed by atoms with Crippen LogP contribution in [0.5, 0.6) is 5.75 Å².